The summed E-state index contributed by atoms with van der Waals surface area (Å²) < 4.78 is 5.29. The predicted octanol–water partition coefficient (Wildman–Crippen LogP) is 5.02. The number of carbonyl (C=O) groups is 3. The molecule has 2 aliphatic heterocycles. The number of para-hydroxylation sites is 1. The van der Waals surface area contributed by atoms with E-state index in [9.17, 15) is 19.2 Å². The molecule has 13 heteroatoms. The Labute approximate surface area is 296 Å². The molecule has 1 unspecified atom stereocenters. The molecule has 2 N–H and O–H groups in total. The van der Waals surface area contributed by atoms with Gasteiger partial charge in [-0.1, -0.05) is 37.5 Å². The normalized spacial score (nSPS) is 19.2. The molecule has 1 saturated carbocycles. The van der Waals surface area contributed by atoms with E-state index in [2.05, 4.69) is 54.6 Å². The molecule has 0 radical (unpaired) electrons. The lowest BCUT2D eigenvalue weighted by Crippen LogP contribution is -2.44. The summed E-state index contributed by atoms with van der Waals surface area (Å²) in [5.41, 5.74) is 4.73. The van der Waals surface area contributed by atoms with Crippen LogP contribution in [-0.4, -0.2) is 71.6 Å². The molecule has 266 valence electrons. The van der Waals surface area contributed by atoms with E-state index in [1.807, 2.05) is 37.3 Å². The van der Waals surface area contributed by atoms with Crippen LogP contribution in [0.15, 0.2) is 59.7 Å². The standard InChI is InChI=1S/C19H21N5O.C19H24N4O3/c1-13-6-5-9-16(21-13)19(25)22-18-10-14-12-24(23-17(14)11-20-18)15-7-3-2-4-8-15;1-21-10-8-12(9-11-21)13-4-3-5-14-17(13)22(2)19(26)23(14)15-6-7-16(24)20-18(15)25/h5-6,9-12,15H,2-4,7-8H2,1H3,(H,22,25);3-5,12,15H,6-11H2,1-2H3,(H,20,24,25). The number of aryl methyl sites for hydroxylation is 2. The molecule has 5 aromatic rings. The molecule has 51 heavy (non-hydrogen) atoms. The largest absolute Gasteiger partial charge is 0.329 e. The fourth-order valence-electron chi connectivity index (χ4n) is 7.74. The van der Waals surface area contributed by atoms with Crippen LogP contribution < -0.4 is 16.3 Å². The second kappa shape index (κ2) is 14.6. The monoisotopic (exact) mass is 691 g/mol. The third kappa shape index (κ3) is 7.21. The smallest absolute Gasteiger partial charge is 0.306 e. The summed E-state index contributed by atoms with van der Waals surface area (Å²) in [6, 6.07) is 13.1. The quantitative estimate of drug-likeness (QED) is 0.244. The van der Waals surface area contributed by atoms with E-state index in [1.165, 1.54) is 37.7 Å². The Hall–Kier alpha value is -5.17. The van der Waals surface area contributed by atoms with Crippen LogP contribution in [0.3, 0.4) is 0 Å². The van der Waals surface area contributed by atoms with E-state index in [1.54, 1.807) is 28.4 Å². The number of imide groups is 1. The summed E-state index contributed by atoms with van der Waals surface area (Å²) in [5.74, 6) is 0.0180. The number of amides is 3. The number of pyridine rings is 2. The van der Waals surface area contributed by atoms with Crippen LogP contribution in [0.5, 0.6) is 0 Å². The number of piperidine rings is 2. The summed E-state index contributed by atoms with van der Waals surface area (Å²) in [7, 11) is 3.90. The molecule has 3 aliphatic rings. The first-order valence-electron chi connectivity index (χ1n) is 18.0. The molecule has 1 atom stereocenters. The van der Waals surface area contributed by atoms with Crippen molar-refractivity contribution in [2.75, 3.05) is 25.5 Å². The molecule has 0 spiro atoms. The lowest BCUT2D eigenvalue weighted by atomic mass is 9.88. The fraction of sp³-hybridized carbons (Fsp3) is 0.447. The number of nitrogens with one attached hydrogen (secondary N) is 2. The molecular weight excluding hydrogens is 646 g/mol. The maximum Gasteiger partial charge on any atom is 0.329 e. The highest BCUT2D eigenvalue weighted by Crippen LogP contribution is 2.34. The van der Waals surface area contributed by atoms with E-state index in [0.717, 1.165) is 53.6 Å². The van der Waals surface area contributed by atoms with Gasteiger partial charge in [0, 0.05) is 30.7 Å². The molecule has 6 heterocycles. The van der Waals surface area contributed by atoms with Crippen LogP contribution >= 0.6 is 0 Å². The highest BCUT2D eigenvalue weighted by atomic mass is 16.2. The van der Waals surface area contributed by atoms with Gasteiger partial charge in [0.1, 0.15) is 23.1 Å². The predicted molar refractivity (Wildman–Crippen MR) is 195 cm³/mol. The zero-order valence-electron chi connectivity index (χ0n) is 29.5. The molecular formula is C38H45N9O4. The van der Waals surface area contributed by atoms with Crippen molar-refractivity contribution in [1.82, 2.24) is 39.1 Å². The van der Waals surface area contributed by atoms with Crippen molar-refractivity contribution in [3.05, 3.63) is 82.3 Å². The maximum absolute atomic E-state index is 13.0. The summed E-state index contributed by atoms with van der Waals surface area (Å²) in [4.78, 5) is 59.9. The second-order valence-corrected chi connectivity index (χ2v) is 14.1. The third-order valence-electron chi connectivity index (χ3n) is 10.5. The molecule has 1 aliphatic carbocycles. The van der Waals surface area contributed by atoms with Crippen LogP contribution in [0, 0.1) is 6.92 Å². The molecule has 0 bridgehead atoms. The first-order valence-corrected chi connectivity index (χ1v) is 18.0. The number of carbonyl (C=O) groups excluding carboxylic acids is 3. The van der Waals surface area contributed by atoms with Gasteiger partial charge >= 0.3 is 5.69 Å². The van der Waals surface area contributed by atoms with Gasteiger partial charge in [-0.3, -0.25) is 33.5 Å². The minimum Gasteiger partial charge on any atom is -0.306 e. The third-order valence-corrected chi connectivity index (χ3v) is 10.5. The first kappa shape index (κ1) is 34.3. The minimum absolute atomic E-state index is 0.199. The number of hydrogen-bond donors (Lipinski definition) is 2. The topological polar surface area (TPSA) is 149 Å². The second-order valence-electron chi connectivity index (χ2n) is 14.1. The van der Waals surface area contributed by atoms with Crippen LogP contribution in [0.1, 0.15) is 97.5 Å². The molecule has 1 aromatic carbocycles. The summed E-state index contributed by atoms with van der Waals surface area (Å²) in [6.07, 6.45) is 12.8. The maximum atomic E-state index is 13.0. The SMILES string of the molecule is CN1CCC(c2cccc3c2n(C)c(=O)n3C2CCC(=O)NC2=O)CC1.Cc1cccc(C(=O)Nc2cc3cn(C4CCCCC4)nc3cn2)n1. The Morgan fingerprint density at radius 2 is 1.71 bits per heavy atom. The van der Waals surface area contributed by atoms with Gasteiger partial charge in [-0.2, -0.15) is 5.10 Å². The van der Waals surface area contributed by atoms with Gasteiger partial charge < -0.3 is 10.2 Å². The van der Waals surface area contributed by atoms with Gasteiger partial charge in [-0.05, 0) is 94.9 Å². The average Bonchev–Trinajstić information content (AvgIpc) is 3.67. The first-order chi connectivity index (χ1) is 24.7. The molecule has 3 fully saturated rings. The summed E-state index contributed by atoms with van der Waals surface area (Å²) >= 11 is 0. The Morgan fingerprint density at radius 1 is 0.941 bits per heavy atom. The number of likely N-dealkylation sites (tertiary alicyclic amines) is 1. The van der Waals surface area contributed by atoms with Crippen LogP contribution in [0.25, 0.3) is 21.9 Å². The number of anilines is 1. The Kier molecular flexibility index (Phi) is 9.81. The lowest BCUT2D eigenvalue weighted by molar-refractivity contribution is -0.135. The number of imidazole rings is 1. The number of nitrogens with zero attached hydrogens (tertiary/aromatic N) is 7. The Balaban J connectivity index is 0.000000159. The highest BCUT2D eigenvalue weighted by Gasteiger charge is 2.32. The number of aromatic nitrogens is 6. The number of rotatable bonds is 5. The van der Waals surface area contributed by atoms with Gasteiger partial charge in [-0.25, -0.2) is 14.8 Å². The molecule has 3 amide bonds. The van der Waals surface area contributed by atoms with E-state index < -0.39 is 6.04 Å². The van der Waals surface area contributed by atoms with Crippen molar-refractivity contribution in [2.45, 2.75) is 82.7 Å². The Morgan fingerprint density at radius 3 is 2.45 bits per heavy atom. The van der Waals surface area contributed by atoms with Crippen LogP contribution in [0.4, 0.5) is 5.82 Å². The van der Waals surface area contributed by atoms with Crippen molar-refractivity contribution < 1.29 is 14.4 Å². The highest BCUT2D eigenvalue weighted by molar-refractivity contribution is 6.03. The number of benzene rings is 1. The van der Waals surface area contributed by atoms with Gasteiger partial charge in [0.2, 0.25) is 11.8 Å². The summed E-state index contributed by atoms with van der Waals surface area (Å²) in [5, 5.41) is 10.8. The lowest BCUT2D eigenvalue weighted by Gasteiger charge is -2.29. The van der Waals surface area contributed by atoms with E-state index in [0.29, 0.717) is 29.9 Å². The zero-order valence-corrected chi connectivity index (χ0v) is 29.5. The van der Waals surface area contributed by atoms with Crippen LogP contribution in [0.2, 0.25) is 0 Å². The van der Waals surface area contributed by atoms with Gasteiger partial charge in [0.25, 0.3) is 5.91 Å². The van der Waals surface area contributed by atoms with Crippen molar-refractivity contribution in [2.24, 2.45) is 7.05 Å². The summed E-state index contributed by atoms with van der Waals surface area (Å²) in [6.45, 7) is 3.95. The zero-order chi connectivity index (χ0) is 35.6. The Bertz CT molecular complexity index is 2150. The van der Waals surface area contributed by atoms with E-state index >= 15 is 0 Å². The van der Waals surface area contributed by atoms with Crippen molar-refractivity contribution in [1.29, 1.82) is 0 Å². The average molecular weight is 692 g/mol. The van der Waals surface area contributed by atoms with Gasteiger partial charge in [-0.15, -0.1) is 0 Å². The molecule has 2 saturated heterocycles. The minimum atomic E-state index is -0.628. The van der Waals surface area contributed by atoms with Crippen molar-refractivity contribution in [3.63, 3.8) is 0 Å². The molecule has 4 aromatic heterocycles. The van der Waals surface area contributed by atoms with E-state index in [-0.39, 0.29) is 29.8 Å². The molecule has 8 rings (SSSR count). The van der Waals surface area contributed by atoms with E-state index in [4.69, 9.17) is 0 Å². The van der Waals surface area contributed by atoms with Gasteiger partial charge in [0.15, 0.2) is 0 Å². The molecule has 13 nitrogen and oxygen atoms in total. The van der Waals surface area contributed by atoms with Crippen molar-refractivity contribution in [3.8, 4) is 0 Å². The number of fused-ring (bicyclic) bond motifs is 2. The van der Waals surface area contributed by atoms with Gasteiger partial charge in [0.05, 0.1) is 23.3 Å². The van der Waals surface area contributed by atoms with Crippen LogP contribution in [-0.2, 0) is 16.6 Å². The van der Waals surface area contributed by atoms with Crippen molar-refractivity contribution >= 4 is 45.5 Å². The fourth-order valence-corrected chi connectivity index (χ4v) is 7.74. The number of hydrogen-bond acceptors (Lipinski definition) is 8.